The number of thioether (sulfide) groups is 1. The molecule has 0 aromatic rings. The highest BCUT2D eigenvalue weighted by Crippen LogP contribution is 2.66. The molecule has 76 valence electrons. The number of hydrogen-bond acceptors (Lipinski definition) is 2. The lowest BCUT2D eigenvalue weighted by Gasteiger charge is -2.39. The standard InChI is InChI=1S/C10H18OS2/c1-8(2,3)10(9(4,5)6)7(12-10)13-11/h1-6H3. The Bertz CT molecular complexity index is 260. The Kier molecular flexibility index (Phi) is 2.49. The van der Waals surface area contributed by atoms with Crippen LogP contribution in [0.25, 0.3) is 0 Å². The molecule has 1 rings (SSSR count). The first-order chi connectivity index (χ1) is 5.67. The molecular formula is C10H18OS2. The molecule has 0 amide bonds. The normalized spacial score (nSPS) is 21.5. The lowest BCUT2D eigenvalue weighted by molar-refractivity contribution is 0.219. The lowest BCUT2D eigenvalue weighted by atomic mass is 9.67. The van der Waals surface area contributed by atoms with E-state index >= 15 is 0 Å². The van der Waals surface area contributed by atoms with E-state index in [1.54, 1.807) is 11.8 Å². The second-order valence-corrected chi connectivity index (χ2v) is 7.71. The SMILES string of the molecule is CC(C)(C)C1(C(C)(C)C)SC1=S=O. The quantitative estimate of drug-likeness (QED) is 0.459. The van der Waals surface area contributed by atoms with Crippen molar-refractivity contribution < 1.29 is 4.21 Å². The summed E-state index contributed by atoms with van der Waals surface area (Å²) in [5.74, 6) is 0. The Morgan fingerprint density at radius 3 is 1.54 bits per heavy atom. The molecule has 1 fully saturated rings. The minimum absolute atomic E-state index is 0.0758. The molecule has 0 N–H and O–H groups in total. The van der Waals surface area contributed by atoms with Gasteiger partial charge in [-0.05, 0) is 10.8 Å². The fourth-order valence-corrected chi connectivity index (χ4v) is 5.03. The van der Waals surface area contributed by atoms with Gasteiger partial charge in [0.05, 0.1) is 8.94 Å². The molecule has 0 atom stereocenters. The van der Waals surface area contributed by atoms with Crippen molar-refractivity contribution in [3.8, 4) is 0 Å². The maximum Gasteiger partial charge on any atom is 0.101 e. The molecule has 0 aromatic carbocycles. The summed E-state index contributed by atoms with van der Waals surface area (Å²) >= 11 is 2.45. The second-order valence-electron chi connectivity index (χ2n) is 5.65. The third kappa shape index (κ3) is 1.50. The van der Waals surface area contributed by atoms with Gasteiger partial charge in [-0.2, -0.15) is 0 Å². The molecule has 0 unspecified atom stereocenters. The fourth-order valence-electron chi connectivity index (χ4n) is 2.23. The van der Waals surface area contributed by atoms with Crippen LogP contribution in [0, 0.1) is 10.8 Å². The van der Waals surface area contributed by atoms with Crippen LogP contribution in [0.15, 0.2) is 0 Å². The van der Waals surface area contributed by atoms with E-state index in [2.05, 4.69) is 41.5 Å². The highest BCUT2D eigenvalue weighted by Gasteiger charge is 2.66. The molecule has 1 aliphatic heterocycles. The van der Waals surface area contributed by atoms with Crippen molar-refractivity contribution >= 4 is 27.2 Å². The van der Waals surface area contributed by atoms with Crippen LogP contribution < -0.4 is 0 Å². The molecule has 0 radical (unpaired) electrons. The Morgan fingerprint density at radius 1 is 1.08 bits per heavy atom. The van der Waals surface area contributed by atoms with Crippen LogP contribution in [0.5, 0.6) is 0 Å². The molecule has 0 saturated carbocycles. The Morgan fingerprint density at radius 2 is 1.46 bits per heavy atom. The first-order valence-corrected chi connectivity index (χ1v) is 6.09. The van der Waals surface area contributed by atoms with Crippen molar-refractivity contribution in [2.75, 3.05) is 0 Å². The molecule has 13 heavy (non-hydrogen) atoms. The van der Waals surface area contributed by atoms with Crippen molar-refractivity contribution in [1.29, 1.82) is 0 Å². The Labute approximate surface area is 88.8 Å². The van der Waals surface area contributed by atoms with Gasteiger partial charge in [-0.1, -0.05) is 41.5 Å². The maximum atomic E-state index is 10.9. The molecule has 0 aliphatic carbocycles. The zero-order valence-electron chi connectivity index (χ0n) is 9.22. The van der Waals surface area contributed by atoms with Gasteiger partial charge in [0.25, 0.3) is 0 Å². The zero-order chi connectivity index (χ0) is 10.5. The van der Waals surface area contributed by atoms with Gasteiger partial charge < -0.3 is 0 Å². The van der Waals surface area contributed by atoms with Gasteiger partial charge in [0, 0.05) is 0 Å². The van der Waals surface area contributed by atoms with E-state index in [-0.39, 0.29) is 15.6 Å². The van der Waals surface area contributed by atoms with Crippen LogP contribution in [-0.4, -0.2) is 13.2 Å². The second kappa shape index (κ2) is 2.86. The Balaban J connectivity index is 3.17. The molecule has 1 aliphatic rings. The van der Waals surface area contributed by atoms with Gasteiger partial charge in [-0.15, -0.1) is 11.8 Å². The van der Waals surface area contributed by atoms with Gasteiger partial charge in [0.1, 0.15) is 11.3 Å². The number of hydrogen-bond donors (Lipinski definition) is 0. The van der Waals surface area contributed by atoms with Crippen LogP contribution in [0.2, 0.25) is 0 Å². The van der Waals surface area contributed by atoms with E-state index in [1.165, 1.54) is 0 Å². The monoisotopic (exact) mass is 218 g/mol. The predicted octanol–water partition coefficient (Wildman–Crippen LogP) is 2.91. The highest BCUT2D eigenvalue weighted by atomic mass is 32.2. The molecule has 3 heteroatoms. The smallest absolute Gasteiger partial charge is 0.101 e. The summed E-state index contributed by atoms with van der Waals surface area (Å²) in [5, 5.41) is 0. The lowest BCUT2D eigenvalue weighted by Crippen LogP contribution is -2.42. The van der Waals surface area contributed by atoms with E-state index in [0.717, 1.165) is 4.20 Å². The molecule has 1 nitrogen and oxygen atoms in total. The highest BCUT2D eigenvalue weighted by molar-refractivity contribution is 8.33. The van der Waals surface area contributed by atoms with Crippen LogP contribution in [0.3, 0.4) is 0 Å². The van der Waals surface area contributed by atoms with Crippen molar-refractivity contribution in [1.82, 2.24) is 0 Å². The van der Waals surface area contributed by atoms with Crippen LogP contribution in [0.4, 0.5) is 0 Å². The predicted molar refractivity (Wildman–Crippen MR) is 62.4 cm³/mol. The van der Waals surface area contributed by atoms with E-state index in [4.69, 9.17) is 0 Å². The van der Waals surface area contributed by atoms with Crippen molar-refractivity contribution in [2.24, 2.45) is 10.8 Å². The molecule has 0 bridgehead atoms. The summed E-state index contributed by atoms with van der Waals surface area (Å²) in [5.41, 5.74) is 0.339. The van der Waals surface area contributed by atoms with E-state index in [1.807, 2.05) is 0 Å². The molecular weight excluding hydrogens is 200 g/mol. The molecule has 1 heterocycles. The third-order valence-electron chi connectivity index (χ3n) is 2.68. The van der Waals surface area contributed by atoms with Crippen molar-refractivity contribution in [2.45, 2.75) is 46.3 Å². The van der Waals surface area contributed by atoms with Crippen LogP contribution >= 0.6 is 11.8 Å². The van der Waals surface area contributed by atoms with Gasteiger partial charge in [-0.3, -0.25) is 0 Å². The van der Waals surface area contributed by atoms with E-state index in [9.17, 15) is 4.21 Å². The maximum absolute atomic E-state index is 10.9. The van der Waals surface area contributed by atoms with Gasteiger partial charge in [0.2, 0.25) is 0 Å². The minimum Gasteiger partial charge on any atom is -0.211 e. The minimum atomic E-state index is 0.0758. The average molecular weight is 218 g/mol. The van der Waals surface area contributed by atoms with Gasteiger partial charge in [-0.25, -0.2) is 4.21 Å². The molecule has 0 aromatic heterocycles. The van der Waals surface area contributed by atoms with E-state index < -0.39 is 0 Å². The van der Waals surface area contributed by atoms with Crippen molar-refractivity contribution in [3.05, 3.63) is 0 Å². The third-order valence-corrected chi connectivity index (χ3v) is 5.74. The summed E-state index contributed by atoms with van der Waals surface area (Å²) in [6.07, 6.45) is 0. The molecule has 1 saturated heterocycles. The van der Waals surface area contributed by atoms with Crippen LogP contribution in [-0.2, 0) is 11.3 Å². The topological polar surface area (TPSA) is 17.1 Å². The summed E-state index contributed by atoms with van der Waals surface area (Å²) in [6, 6.07) is 0. The summed E-state index contributed by atoms with van der Waals surface area (Å²) < 4.78 is 12.0. The van der Waals surface area contributed by atoms with E-state index in [0.29, 0.717) is 11.3 Å². The largest absolute Gasteiger partial charge is 0.211 e. The zero-order valence-corrected chi connectivity index (χ0v) is 10.9. The first-order valence-electron chi connectivity index (χ1n) is 4.53. The average Bonchev–Trinajstić information content (AvgIpc) is 2.57. The number of rotatable bonds is 0. The van der Waals surface area contributed by atoms with Crippen LogP contribution in [0.1, 0.15) is 41.5 Å². The van der Waals surface area contributed by atoms with Gasteiger partial charge >= 0.3 is 0 Å². The summed E-state index contributed by atoms with van der Waals surface area (Å²) in [6.45, 7) is 13.3. The first kappa shape index (κ1) is 11.3. The Hall–Kier alpha value is 0.240. The van der Waals surface area contributed by atoms with Gasteiger partial charge in [0.15, 0.2) is 0 Å². The van der Waals surface area contributed by atoms with Crippen molar-refractivity contribution in [3.63, 3.8) is 0 Å². The molecule has 0 spiro atoms. The summed E-state index contributed by atoms with van der Waals surface area (Å²) in [4.78, 5) is 0. The summed E-state index contributed by atoms with van der Waals surface area (Å²) in [7, 11) is 0. The fraction of sp³-hybridized carbons (Fsp3) is 0.900.